The number of benzene rings is 1. The van der Waals surface area contributed by atoms with Crippen LogP contribution in [0.15, 0.2) is 58.2 Å². The predicted octanol–water partition coefficient (Wildman–Crippen LogP) is 4.16. The Balaban J connectivity index is 2.06. The Morgan fingerprint density at radius 1 is 1.10 bits per heavy atom. The number of ether oxygens (including phenoxy) is 1. The molecule has 2 aromatic heterocycles. The van der Waals surface area contributed by atoms with Crippen molar-refractivity contribution in [1.82, 2.24) is 4.57 Å². The smallest absolute Gasteiger partial charge is 0.190 e. The highest BCUT2D eigenvalue weighted by atomic mass is 32.1. The second-order valence-corrected chi connectivity index (χ2v) is 6.26. The van der Waals surface area contributed by atoms with Crippen molar-refractivity contribution in [3.63, 3.8) is 0 Å². The summed E-state index contributed by atoms with van der Waals surface area (Å²) in [7, 11) is 1.73. The first-order valence-corrected chi connectivity index (χ1v) is 8.45. The molecule has 0 spiro atoms. The highest BCUT2D eigenvalue weighted by Crippen LogP contribution is 2.25. The maximum Gasteiger partial charge on any atom is 0.190 e. The molecule has 0 saturated carbocycles. The van der Waals surface area contributed by atoms with E-state index in [1.807, 2.05) is 30.3 Å². The Bertz CT molecular complexity index is 742. The van der Waals surface area contributed by atoms with Gasteiger partial charge in [0.1, 0.15) is 0 Å². The zero-order chi connectivity index (χ0) is 14.5. The molecule has 0 fully saturated rings. The van der Waals surface area contributed by atoms with Gasteiger partial charge in [-0.3, -0.25) is 0 Å². The molecule has 0 aliphatic heterocycles. The third-order valence-electron chi connectivity index (χ3n) is 3.07. The van der Waals surface area contributed by atoms with Gasteiger partial charge in [0.15, 0.2) is 4.80 Å². The first-order valence-electron chi connectivity index (χ1n) is 6.69. The number of rotatable bonds is 5. The highest BCUT2D eigenvalue weighted by Gasteiger charge is 2.08. The van der Waals surface area contributed by atoms with Gasteiger partial charge in [-0.25, -0.2) is 4.99 Å². The van der Waals surface area contributed by atoms with Crippen molar-refractivity contribution in [3.05, 3.63) is 58.0 Å². The van der Waals surface area contributed by atoms with Gasteiger partial charge in [-0.15, -0.1) is 22.7 Å². The van der Waals surface area contributed by atoms with Crippen molar-refractivity contribution in [2.75, 3.05) is 13.7 Å². The number of thiophene rings is 1. The molecule has 0 aliphatic rings. The summed E-state index contributed by atoms with van der Waals surface area (Å²) in [6, 6.07) is 14.3. The van der Waals surface area contributed by atoms with E-state index in [-0.39, 0.29) is 0 Å². The summed E-state index contributed by atoms with van der Waals surface area (Å²) in [4.78, 5) is 7.02. The Kier molecular flexibility index (Phi) is 4.65. The molecule has 108 valence electrons. The fraction of sp³-hybridized carbons (Fsp3) is 0.188. The van der Waals surface area contributed by atoms with Gasteiger partial charge >= 0.3 is 0 Å². The van der Waals surface area contributed by atoms with Crippen LogP contribution in [0.4, 0.5) is 5.69 Å². The van der Waals surface area contributed by atoms with E-state index in [1.165, 1.54) is 10.6 Å². The molecule has 21 heavy (non-hydrogen) atoms. The van der Waals surface area contributed by atoms with Gasteiger partial charge in [-0.1, -0.05) is 24.3 Å². The highest BCUT2D eigenvalue weighted by molar-refractivity contribution is 7.14. The molecule has 0 unspecified atom stereocenters. The van der Waals surface area contributed by atoms with Crippen LogP contribution >= 0.6 is 22.7 Å². The molecule has 3 rings (SSSR count). The minimum absolute atomic E-state index is 0.678. The molecule has 1 aromatic carbocycles. The topological polar surface area (TPSA) is 26.5 Å². The lowest BCUT2D eigenvalue weighted by atomic mass is 10.3. The maximum absolute atomic E-state index is 5.24. The number of methoxy groups -OCH3 is 1. The van der Waals surface area contributed by atoms with Gasteiger partial charge in [0, 0.05) is 19.0 Å². The number of thiazole rings is 1. The normalized spacial score (nSPS) is 12.0. The number of aromatic nitrogens is 1. The maximum atomic E-state index is 5.24. The van der Waals surface area contributed by atoms with Crippen LogP contribution < -0.4 is 4.80 Å². The van der Waals surface area contributed by atoms with Gasteiger partial charge in [-0.05, 0) is 23.6 Å². The fourth-order valence-corrected chi connectivity index (χ4v) is 3.82. The Morgan fingerprint density at radius 3 is 2.67 bits per heavy atom. The first-order chi connectivity index (χ1) is 10.4. The second-order valence-electron chi connectivity index (χ2n) is 4.47. The Morgan fingerprint density at radius 2 is 1.95 bits per heavy atom. The van der Waals surface area contributed by atoms with Gasteiger partial charge in [0.25, 0.3) is 0 Å². The number of nitrogens with zero attached hydrogens (tertiary/aromatic N) is 2. The lowest BCUT2D eigenvalue weighted by molar-refractivity contribution is 0.187. The third-order valence-corrected chi connectivity index (χ3v) is 4.83. The molecule has 0 saturated heterocycles. The molecule has 0 amide bonds. The zero-order valence-electron chi connectivity index (χ0n) is 11.7. The number of para-hydroxylation sites is 1. The van der Waals surface area contributed by atoms with Gasteiger partial charge in [-0.2, -0.15) is 0 Å². The van der Waals surface area contributed by atoms with E-state index in [2.05, 4.69) is 27.5 Å². The van der Waals surface area contributed by atoms with Gasteiger partial charge in [0.2, 0.25) is 0 Å². The molecule has 0 aliphatic carbocycles. The van der Waals surface area contributed by atoms with Crippen LogP contribution in [0.25, 0.3) is 10.6 Å². The molecule has 3 nitrogen and oxygen atoms in total. The van der Waals surface area contributed by atoms with E-state index in [1.54, 1.807) is 29.8 Å². The van der Waals surface area contributed by atoms with Crippen molar-refractivity contribution < 1.29 is 4.74 Å². The summed E-state index contributed by atoms with van der Waals surface area (Å²) < 4.78 is 7.47. The molecule has 2 heterocycles. The molecule has 0 bridgehead atoms. The van der Waals surface area contributed by atoms with Gasteiger partial charge < -0.3 is 9.30 Å². The van der Waals surface area contributed by atoms with E-state index in [0.29, 0.717) is 6.61 Å². The average molecular weight is 316 g/mol. The van der Waals surface area contributed by atoms with E-state index in [9.17, 15) is 0 Å². The predicted molar refractivity (Wildman–Crippen MR) is 89.2 cm³/mol. The minimum atomic E-state index is 0.678. The van der Waals surface area contributed by atoms with Crippen LogP contribution in [-0.4, -0.2) is 18.3 Å². The molecular formula is C16H16N2OS2. The molecule has 0 atom stereocenters. The molecule has 0 radical (unpaired) electrons. The lowest BCUT2D eigenvalue weighted by Crippen LogP contribution is -2.18. The van der Waals surface area contributed by atoms with Crippen LogP contribution in [0, 0.1) is 0 Å². The van der Waals surface area contributed by atoms with Crippen LogP contribution in [-0.2, 0) is 11.3 Å². The van der Waals surface area contributed by atoms with E-state index in [4.69, 9.17) is 9.73 Å². The largest absolute Gasteiger partial charge is 0.383 e. The van der Waals surface area contributed by atoms with Crippen molar-refractivity contribution in [2.45, 2.75) is 6.54 Å². The number of hydrogen-bond donors (Lipinski definition) is 0. The summed E-state index contributed by atoms with van der Waals surface area (Å²) in [5.74, 6) is 0. The molecule has 5 heteroatoms. The monoisotopic (exact) mass is 316 g/mol. The van der Waals surface area contributed by atoms with Crippen LogP contribution in [0.2, 0.25) is 0 Å². The SMILES string of the molecule is COCCn1c(-c2cccs2)csc1=Nc1ccccc1. The summed E-state index contributed by atoms with van der Waals surface area (Å²) in [5, 5.41) is 4.27. The number of hydrogen-bond acceptors (Lipinski definition) is 4. The Labute approximate surface area is 131 Å². The fourth-order valence-electron chi connectivity index (χ4n) is 2.05. The quantitative estimate of drug-likeness (QED) is 0.694. The van der Waals surface area contributed by atoms with Crippen LogP contribution in [0.1, 0.15) is 0 Å². The zero-order valence-corrected chi connectivity index (χ0v) is 13.4. The molecule has 3 aromatic rings. The minimum Gasteiger partial charge on any atom is -0.383 e. The van der Waals surface area contributed by atoms with E-state index >= 15 is 0 Å². The average Bonchev–Trinajstić information content (AvgIpc) is 3.16. The summed E-state index contributed by atoms with van der Waals surface area (Å²) >= 11 is 3.41. The van der Waals surface area contributed by atoms with Crippen molar-refractivity contribution >= 4 is 28.4 Å². The second kappa shape index (κ2) is 6.85. The molecular weight excluding hydrogens is 300 g/mol. The van der Waals surface area contributed by atoms with Crippen molar-refractivity contribution in [1.29, 1.82) is 0 Å². The van der Waals surface area contributed by atoms with Crippen molar-refractivity contribution in [3.8, 4) is 10.6 Å². The van der Waals surface area contributed by atoms with Crippen LogP contribution in [0.5, 0.6) is 0 Å². The van der Waals surface area contributed by atoms with Gasteiger partial charge in [0.05, 0.1) is 22.9 Å². The summed E-state index contributed by atoms with van der Waals surface area (Å²) in [5.41, 5.74) is 2.19. The Hall–Kier alpha value is -1.69. The van der Waals surface area contributed by atoms with E-state index in [0.717, 1.165) is 17.0 Å². The first kappa shape index (κ1) is 14.3. The third kappa shape index (κ3) is 3.32. The lowest BCUT2D eigenvalue weighted by Gasteiger charge is -2.06. The van der Waals surface area contributed by atoms with Crippen molar-refractivity contribution in [2.24, 2.45) is 4.99 Å². The standard InChI is InChI=1S/C16H16N2OS2/c1-19-10-9-18-14(15-8-5-11-20-15)12-21-16(18)17-13-6-3-2-4-7-13/h2-8,11-12H,9-10H2,1H3. The van der Waals surface area contributed by atoms with Crippen LogP contribution in [0.3, 0.4) is 0 Å². The summed E-state index contributed by atoms with van der Waals surface area (Å²) in [6.45, 7) is 1.48. The summed E-state index contributed by atoms with van der Waals surface area (Å²) in [6.07, 6.45) is 0. The van der Waals surface area contributed by atoms with E-state index < -0.39 is 0 Å². The molecule has 0 N–H and O–H groups in total.